The zero-order chi connectivity index (χ0) is 34.5. The Morgan fingerprint density at radius 3 is 1.46 bits per heavy atom. The van der Waals surface area contributed by atoms with Crippen LogP contribution in [0.2, 0.25) is 0 Å². The zero-order valence-electron chi connectivity index (χ0n) is 30.4. The summed E-state index contributed by atoms with van der Waals surface area (Å²) in [6.07, 6.45) is 24.0. The quantitative estimate of drug-likeness (QED) is 0.0312. The normalized spacial score (nSPS) is 14.6. The van der Waals surface area contributed by atoms with Crippen LogP contribution >= 0.6 is 7.82 Å². The Hall–Kier alpha value is -0.830. The molecule has 0 radical (unpaired) electrons. The highest BCUT2D eigenvalue weighted by molar-refractivity contribution is 7.45. The number of hydrogen-bond acceptors (Lipinski definition) is 8. The molecule has 2 unspecified atom stereocenters. The Morgan fingerprint density at radius 2 is 1.04 bits per heavy atom. The van der Waals surface area contributed by atoms with Gasteiger partial charge in [0.15, 0.2) is 11.9 Å². The maximum atomic E-state index is 12.9. The molecule has 0 heterocycles. The van der Waals surface area contributed by atoms with Gasteiger partial charge < -0.3 is 28.3 Å². The molecule has 0 aliphatic heterocycles. The fourth-order valence-electron chi connectivity index (χ4n) is 5.42. The van der Waals surface area contributed by atoms with E-state index in [1.165, 1.54) is 96.3 Å². The molecule has 46 heavy (non-hydrogen) atoms. The standard InChI is InChI=1S/C36H72NO8P/c1-6-8-10-12-14-16-17-18-19-21-23-25-27-29-36(40)43-31-33(38)32-44-46(41,42)45-35(30-37(3,4)5)34(39)28-26-24-22-20-15-13-11-9-7-2/h33,35,38H,6-32H2,1-5H3/t33-,35?/m1/s1. The van der Waals surface area contributed by atoms with E-state index >= 15 is 0 Å². The summed E-state index contributed by atoms with van der Waals surface area (Å²) in [7, 11) is 0.690. The van der Waals surface area contributed by atoms with Gasteiger partial charge in [0.1, 0.15) is 19.3 Å². The van der Waals surface area contributed by atoms with Crippen LogP contribution in [0.15, 0.2) is 0 Å². The van der Waals surface area contributed by atoms with E-state index in [0.29, 0.717) is 10.9 Å². The summed E-state index contributed by atoms with van der Waals surface area (Å²) in [6.45, 7) is 3.64. The molecule has 0 bridgehead atoms. The van der Waals surface area contributed by atoms with Crippen molar-refractivity contribution in [1.82, 2.24) is 0 Å². The number of quaternary nitrogens is 1. The molecule has 0 fully saturated rings. The first-order chi connectivity index (χ1) is 21.9. The molecule has 3 atom stereocenters. The molecular formula is C36H72NO8P. The van der Waals surface area contributed by atoms with Crippen LogP contribution < -0.4 is 4.89 Å². The molecule has 0 aromatic rings. The number of aliphatic hydroxyl groups excluding tert-OH is 1. The number of esters is 1. The van der Waals surface area contributed by atoms with Gasteiger partial charge in [0, 0.05) is 12.8 Å². The maximum absolute atomic E-state index is 12.9. The van der Waals surface area contributed by atoms with Crippen LogP contribution in [0.3, 0.4) is 0 Å². The molecule has 0 aromatic heterocycles. The van der Waals surface area contributed by atoms with E-state index in [4.69, 9.17) is 13.8 Å². The summed E-state index contributed by atoms with van der Waals surface area (Å²) in [4.78, 5) is 37.5. The number of hydrogen-bond donors (Lipinski definition) is 1. The first-order valence-corrected chi connectivity index (χ1v) is 20.2. The van der Waals surface area contributed by atoms with Gasteiger partial charge in [-0.2, -0.15) is 0 Å². The average Bonchev–Trinajstić information content (AvgIpc) is 2.99. The lowest BCUT2D eigenvalue weighted by molar-refractivity contribution is -0.872. The number of phosphoric acid groups is 1. The van der Waals surface area contributed by atoms with Crippen LogP contribution in [0.4, 0.5) is 0 Å². The molecule has 0 spiro atoms. The van der Waals surface area contributed by atoms with Gasteiger partial charge in [-0.3, -0.25) is 14.2 Å². The fraction of sp³-hybridized carbons (Fsp3) is 0.944. The van der Waals surface area contributed by atoms with Crippen molar-refractivity contribution in [1.29, 1.82) is 0 Å². The Morgan fingerprint density at radius 1 is 0.652 bits per heavy atom. The smallest absolute Gasteiger partial charge is 0.305 e. The van der Waals surface area contributed by atoms with Crippen molar-refractivity contribution in [3.8, 4) is 0 Å². The Bertz CT molecular complexity index is 788. The predicted octanol–water partition coefficient (Wildman–Crippen LogP) is 8.44. The molecule has 0 rings (SSSR count). The number of likely N-dealkylation sites (N-methyl/N-ethyl adjacent to an activating group) is 1. The summed E-state index contributed by atoms with van der Waals surface area (Å²) in [5, 5.41) is 10.1. The van der Waals surface area contributed by atoms with E-state index in [9.17, 15) is 24.2 Å². The topological polar surface area (TPSA) is 122 Å². The summed E-state index contributed by atoms with van der Waals surface area (Å²) in [5.41, 5.74) is 0. The van der Waals surface area contributed by atoms with Crippen molar-refractivity contribution < 1.29 is 42.4 Å². The molecule has 274 valence electrons. The average molecular weight is 678 g/mol. The number of nitrogens with zero attached hydrogens (tertiary/aromatic N) is 1. The van der Waals surface area contributed by atoms with Crippen molar-refractivity contribution in [2.75, 3.05) is 40.9 Å². The highest BCUT2D eigenvalue weighted by atomic mass is 31.2. The zero-order valence-corrected chi connectivity index (χ0v) is 31.3. The third kappa shape index (κ3) is 30.5. The molecule has 1 N–H and O–H groups in total. The van der Waals surface area contributed by atoms with Gasteiger partial charge in [0.2, 0.25) is 0 Å². The Kier molecular flexibility index (Phi) is 28.6. The first kappa shape index (κ1) is 45.2. The molecule has 0 amide bonds. The van der Waals surface area contributed by atoms with E-state index in [-0.39, 0.29) is 31.8 Å². The van der Waals surface area contributed by atoms with Gasteiger partial charge in [-0.05, 0) is 12.8 Å². The van der Waals surface area contributed by atoms with Gasteiger partial charge >= 0.3 is 5.97 Å². The highest BCUT2D eigenvalue weighted by Gasteiger charge is 2.30. The van der Waals surface area contributed by atoms with E-state index in [1.807, 2.05) is 21.1 Å². The number of carbonyl (C=O) groups is 2. The number of unbranched alkanes of at least 4 members (excludes halogenated alkanes) is 20. The Balaban J connectivity index is 4.18. The van der Waals surface area contributed by atoms with E-state index in [1.54, 1.807) is 0 Å². The van der Waals surface area contributed by atoms with Crippen molar-refractivity contribution in [2.24, 2.45) is 0 Å². The summed E-state index contributed by atoms with van der Waals surface area (Å²) in [5.74, 6) is -0.688. The molecule has 0 saturated carbocycles. The number of carbonyl (C=O) groups excluding carboxylic acids is 2. The second-order valence-electron chi connectivity index (χ2n) is 14.2. The summed E-state index contributed by atoms with van der Waals surface area (Å²) >= 11 is 0. The number of phosphoric ester groups is 1. The number of Topliss-reactive ketones (excluding diaryl/α,β-unsaturated/α-hetero) is 1. The third-order valence-corrected chi connectivity index (χ3v) is 9.18. The number of ether oxygens (including phenoxy) is 1. The second-order valence-corrected chi connectivity index (χ2v) is 15.5. The van der Waals surface area contributed by atoms with E-state index < -0.39 is 32.6 Å². The molecule has 0 saturated heterocycles. The van der Waals surface area contributed by atoms with Crippen molar-refractivity contribution in [3.63, 3.8) is 0 Å². The first-order valence-electron chi connectivity index (χ1n) is 18.7. The summed E-state index contributed by atoms with van der Waals surface area (Å²) in [6, 6.07) is 0. The van der Waals surface area contributed by atoms with Crippen LogP contribution in [0.1, 0.15) is 168 Å². The fourth-order valence-corrected chi connectivity index (χ4v) is 6.33. The molecule has 0 aliphatic rings. The molecular weight excluding hydrogens is 605 g/mol. The van der Waals surface area contributed by atoms with Crippen molar-refractivity contribution in [3.05, 3.63) is 0 Å². The number of rotatable bonds is 34. The van der Waals surface area contributed by atoms with Gasteiger partial charge in [-0.15, -0.1) is 0 Å². The molecule has 0 aliphatic carbocycles. The minimum absolute atomic E-state index is 0.172. The summed E-state index contributed by atoms with van der Waals surface area (Å²) < 4.78 is 28.1. The van der Waals surface area contributed by atoms with Crippen LogP contribution in [0.25, 0.3) is 0 Å². The van der Waals surface area contributed by atoms with Gasteiger partial charge in [0.05, 0.1) is 27.7 Å². The number of ketones is 1. The van der Waals surface area contributed by atoms with Crippen LogP contribution in [-0.4, -0.2) is 74.5 Å². The lowest BCUT2D eigenvalue weighted by atomic mass is 10.0. The van der Waals surface area contributed by atoms with E-state index in [2.05, 4.69) is 13.8 Å². The Labute approximate surface area is 282 Å². The maximum Gasteiger partial charge on any atom is 0.305 e. The molecule has 0 aromatic carbocycles. The predicted molar refractivity (Wildman–Crippen MR) is 185 cm³/mol. The second kappa shape index (κ2) is 29.1. The monoisotopic (exact) mass is 677 g/mol. The lowest BCUT2D eigenvalue weighted by Crippen LogP contribution is -2.45. The highest BCUT2D eigenvalue weighted by Crippen LogP contribution is 2.40. The minimum atomic E-state index is -4.88. The van der Waals surface area contributed by atoms with Gasteiger partial charge in [-0.25, -0.2) is 0 Å². The minimum Gasteiger partial charge on any atom is -0.756 e. The largest absolute Gasteiger partial charge is 0.756 e. The van der Waals surface area contributed by atoms with Crippen LogP contribution in [0, 0.1) is 0 Å². The molecule has 9 nitrogen and oxygen atoms in total. The number of aliphatic hydroxyl groups is 1. The third-order valence-electron chi connectivity index (χ3n) is 8.20. The lowest BCUT2D eigenvalue weighted by Gasteiger charge is -2.32. The molecule has 10 heteroatoms. The van der Waals surface area contributed by atoms with Gasteiger partial charge in [-0.1, -0.05) is 142 Å². The SMILES string of the molecule is CCCCCCCCCCCCCCCC(=O)OC[C@@H](O)COP(=O)([O-])OC(C[N+](C)(C)C)C(=O)CCCCCCCCCCC. The van der Waals surface area contributed by atoms with Crippen LogP contribution in [0.5, 0.6) is 0 Å². The van der Waals surface area contributed by atoms with Crippen molar-refractivity contribution in [2.45, 2.75) is 180 Å². The van der Waals surface area contributed by atoms with Crippen LogP contribution in [-0.2, 0) is 27.9 Å². The van der Waals surface area contributed by atoms with Gasteiger partial charge in [0.25, 0.3) is 7.82 Å². The van der Waals surface area contributed by atoms with Crippen molar-refractivity contribution >= 4 is 19.6 Å². The van der Waals surface area contributed by atoms with E-state index in [0.717, 1.165) is 38.5 Å².